The van der Waals surface area contributed by atoms with Crippen LogP contribution in [0.2, 0.25) is 0 Å². The minimum Gasteiger partial charge on any atom is -1.00 e. The molecule has 0 fully saturated rings. The molecular formula is H3AgAlCuLiMgZn. The third-order valence-corrected chi connectivity index (χ3v) is 0. The largest absolute Gasteiger partial charge is 2.00 e. The van der Waals surface area contributed by atoms with Crippen LogP contribution < -0.4 is 18.9 Å². The minimum atomic E-state index is 0. The van der Waals surface area contributed by atoms with Crippen molar-refractivity contribution >= 4 is 40.4 Å². The Morgan fingerprint density at radius 3 is 1.17 bits per heavy atom. The summed E-state index contributed by atoms with van der Waals surface area (Å²) in [5.74, 6) is 0. The smallest absolute Gasteiger partial charge is 1.00 e. The molecule has 0 rings (SSSR count). The summed E-state index contributed by atoms with van der Waals surface area (Å²) in [4.78, 5) is 0. The Kier molecular flexibility index (Phi) is 327. The molecule has 0 atom stereocenters. The fourth-order valence-electron chi connectivity index (χ4n) is 0. The van der Waals surface area contributed by atoms with E-state index >= 15 is 0 Å². The maximum Gasteiger partial charge on any atom is 2.00 e. The number of hydrogen-bond donors (Lipinski definition) is 0. The van der Waals surface area contributed by atoms with Gasteiger partial charge in [0.05, 0.1) is 0 Å². The predicted molar refractivity (Wildman–Crippen MR) is 14.8 cm³/mol. The summed E-state index contributed by atoms with van der Waals surface area (Å²) < 4.78 is 0. The molecule has 0 spiro atoms. The van der Waals surface area contributed by atoms with Gasteiger partial charge in [0, 0.05) is 76.3 Å². The van der Waals surface area contributed by atoms with Gasteiger partial charge in [0.2, 0.25) is 0 Å². The standard InChI is InChI=1S/Ag.Al.Cu.Li.Mg.Zn.3H/q;;;+1;+2;;3*-1. The first kappa shape index (κ1) is 52.8. The van der Waals surface area contributed by atoms with E-state index in [4.69, 9.17) is 0 Å². The second-order valence-electron chi connectivity index (χ2n) is 0. The van der Waals surface area contributed by atoms with E-state index in [1.807, 2.05) is 0 Å². The average Bonchev–Trinajstić information content (AvgIpc) is 0. The van der Waals surface area contributed by atoms with Gasteiger partial charge in [-0.15, -0.1) is 0 Å². The van der Waals surface area contributed by atoms with Crippen molar-refractivity contribution in [2.24, 2.45) is 0 Å². The zero-order chi connectivity index (χ0) is 0. The van der Waals surface area contributed by atoms with Gasteiger partial charge in [-0.25, -0.2) is 0 Å². The summed E-state index contributed by atoms with van der Waals surface area (Å²) in [6, 6.07) is 0. The molecule has 0 bridgehead atoms. The van der Waals surface area contributed by atoms with Gasteiger partial charge in [-0.2, -0.15) is 0 Å². The summed E-state index contributed by atoms with van der Waals surface area (Å²) in [5.41, 5.74) is 0. The van der Waals surface area contributed by atoms with E-state index in [-0.39, 0.29) is 122 Å². The third kappa shape index (κ3) is 25.0. The molecule has 0 aliphatic heterocycles. The van der Waals surface area contributed by atoms with E-state index in [1.165, 1.54) is 0 Å². The summed E-state index contributed by atoms with van der Waals surface area (Å²) in [5, 5.41) is 0. The van der Waals surface area contributed by atoms with Gasteiger partial charge < -0.3 is 4.28 Å². The fourth-order valence-corrected chi connectivity index (χ4v) is 0. The molecule has 6 heavy (non-hydrogen) atoms. The van der Waals surface area contributed by atoms with Crippen molar-refractivity contribution in [3.63, 3.8) is 0 Å². The molecule has 0 unspecified atom stereocenters. The van der Waals surface area contributed by atoms with Gasteiger partial charge in [0.15, 0.2) is 0 Å². The number of hydrogen-bond acceptors (Lipinski definition) is 0. The van der Waals surface area contributed by atoms with Crippen LogP contribution in [0.1, 0.15) is 4.28 Å². The van der Waals surface area contributed by atoms with Crippen LogP contribution >= 0.6 is 0 Å². The van der Waals surface area contributed by atoms with Gasteiger partial charge in [-0.1, -0.05) is 0 Å². The molecule has 5 radical (unpaired) electrons. The predicted octanol–water partition coefficient (Wildman–Crippen LogP) is -3.43. The van der Waals surface area contributed by atoms with Crippen molar-refractivity contribution in [2.75, 3.05) is 0 Å². The van der Waals surface area contributed by atoms with Crippen LogP contribution in [-0.2, 0) is 58.9 Å². The third-order valence-electron chi connectivity index (χ3n) is 0. The molecule has 0 nitrogen and oxygen atoms in total. The quantitative estimate of drug-likeness (QED) is 0.409. The molecular weight excluding hydrogens is 295 g/mol. The van der Waals surface area contributed by atoms with Gasteiger partial charge in [-0.05, 0) is 0 Å². The van der Waals surface area contributed by atoms with E-state index in [9.17, 15) is 0 Å². The molecule has 33 valence electrons. The van der Waals surface area contributed by atoms with Crippen molar-refractivity contribution < 1.29 is 82.1 Å². The monoisotopic (exact) mass is 295 g/mol. The average molecular weight is 298 g/mol. The molecule has 0 aromatic carbocycles. The van der Waals surface area contributed by atoms with Crippen molar-refractivity contribution in [3.8, 4) is 0 Å². The van der Waals surface area contributed by atoms with Crippen LogP contribution in [0.3, 0.4) is 0 Å². The Morgan fingerprint density at radius 1 is 1.17 bits per heavy atom. The van der Waals surface area contributed by atoms with Crippen LogP contribution in [0.5, 0.6) is 0 Å². The Labute approximate surface area is 120 Å². The van der Waals surface area contributed by atoms with Crippen LogP contribution in [0.15, 0.2) is 0 Å². The molecule has 0 aliphatic carbocycles. The maximum atomic E-state index is 0. The van der Waals surface area contributed by atoms with E-state index < -0.39 is 0 Å². The number of rotatable bonds is 0. The summed E-state index contributed by atoms with van der Waals surface area (Å²) in [7, 11) is 0. The Balaban J connectivity index is 0. The van der Waals surface area contributed by atoms with Crippen LogP contribution in [0.25, 0.3) is 0 Å². The van der Waals surface area contributed by atoms with Gasteiger partial charge in [0.1, 0.15) is 0 Å². The molecule has 0 heterocycles. The van der Waals surface area contributed by atoms with Crippen molar-refractivity contribution in [1.29, 1.82) is 0 Å². The van der Waals surface area contributed by atoms with Crippen LogP contribution in [0, 0.1) is 0 Å². The second kappa shape index (κ2) is 37.2. The first-order valence-electron chi connectivity index (χ1n) is 0. The molecule has 0 aliphatic rings. The Morgan fingerprint density at radius 2 is 1.17 bits per heavy atom. The molecule has 0 saturated carbocycles. The normalized spacial score (nSPS) is 0. The van der Waals surface area contributed by atoms with Gasteiger partial charge in [0.25, 0.3) is 0 Å². The molecule has 0 N–H and O–H groups in total. The zero-order valence-electron chi connectivity index (χ0n) is 6.59. The fraction of sp³-hybridized carbons (Fsp3) is 0. The van der Waals surface area contributed by atoms with E-state index in [0.29, 0.717) is 0 Å². The second-order valence-corrected chi connectivity index (χ2v) is 0. The van der Waals surface area contributed by atoms with Gasteiger partial charge in [-0.3, -0.25) is 0 Å². The SMILES string of the molecule is [Ag].[Al].[Cu].[H-].[H-].[H-].[Li+].[Mg+2].[Zn]. The maximum absolute atomic E-state index is 0. The first-order chi connectivity index (χ1) is 0. The van der Waals surface area contributed by atoms with Crippen molar-refractivity contribution in [1.82, 2.24) is 0 Å². The summed E-state index contributed by atoms with van der Waals surface area (Å²) >= 11 is 0. The van der Waals surface area contributed by atoms with E-state index in [2.05, 4.69) is 0 Å². The molecule has 0 aromatic rings. The van der Waals surface area contributed by atoms with E-state index in [0.717, 1.165) is 0 Å². The molecule has 6 heteroatoms. The topological polar surface area (TPSA) is 0 Å². The van der Waals surface area contributed by atoms with Crippen molar-refractivity contribution in [3.05, 3.63) is 0 Å². The van der Waals surface area contributed by atoms with Crippen LogP contribution in [-0.4, -0.2) is 40.4 Å². The minimum absolute atomic E-state index is 0. The van der Waals surface area contributed by atoms with Gasteiger partial charge >= 0.3 is 41.9 Å². The first-order valence-corrected chi connectivity index (χ1v) is 0. The molecule has 0 saturated heterocycles. The summed E-state index contributed by atoms with van der Waals surface area (Å²) in [6.45, 7) is 0. The van der Waals surface area contributed by atoms with Crippen LogP contribution in [0.4, 0.5) is 0 Å². The molecule has 0 amide bonds. The Bertz CT molecular complexity index is 23.8. The Hall–Kier alpha value is 3.78. The molecule has 0 aromatic heterocycles. The zero-order valence-corrected chi connectivity index (χ0v) is 11.6. The van der Waals surface area contributed by atoms with Crippen molar-refractivity contribution in [2.45, 2.75) is 0 Å². The summed E-state index contributed by atoms with van der Waals surface area (Å²) in [6.07, 6.45) is 0. The van der Waals surface area contributed by atoms with E-state index in [1.54, 1.807) is 0 Å².